The second kappa shape index (κ2) is 6.94. The molecule has 0 aliphatic rings. The van der Waals surface area contributed by atoms with E-state index in [0.717, 1.165) is 27.6 Å². The zero-order valence-corrected chi connectivity index (χ0v) is 14.7. The van der Waals surface area contributed by atoms with Gasteiger partial charge in [-0.25, -0.2) is 4.83 Å². The van der Waals surface area contributed by atoms with Crippen LogP contribution in [0.4, 0.5) is 0 Å². The Balaban J connectivity index is 1.88. The summed E-state index contributed by atoms with van der Waals surface area (Å²) in [6.07, 6.45) is 1.49. The molecule has 0 unspecified atom stereocenters. The largest absolute Gasteiger partial charge is 0.496 e. The lowest BCUT2D eigenvalue weighted by molar-refractivity contribution is 0.420. The van der Waals surface area contributed by atoms with E-state index in [1.165, 1.54) is 6.21 Å². The molecule has 128 valence electrons. The van der Waals surface area contributed by atoms with Crippen molar-refractivity contribution in [2.75, 3.05) is 7.11 Å². The van der Waals surface area contributed by atoms with Crippen LogP contribution in [0.25, 0.3) is 10.8 Å². The fourth-order valence-corrected chi connectivity index (χ4v) is 3.31. The number of ether oxygens (including phenoxy) is 1. The van der Waals surface area contributed by atoms with Crippen LogP contribution in [0.1, 0.15) is 11.1 Å². The third kappa shape index (κ3) is 3.64. The lowest BCUT2D eigenvalue weighted by Gasteiger charge is -2.08. The van der Waals surface area contributed by atoms with Crippen molar-refractivity contribution in [1.82, 2.24) is 4.83 Å². The fourth-order valence-electron chi connectivity index (χ4n) is 2.52. The van der Waals surface area contributed by atoms with E-state index in [0.29, 0.717) is 0 Å². The molecule has 3 aromatic rings. The first-order valence-corrected chi connectivity index (χ1v) is 9.17. The van der Waals surface area contributed by atoms with Crippen molar-refractivity contribution in [2.24, 2.45) is 5.10 Å². The smallest absolute Gasteiger partial charge is 0.276 e. The van der Waals surface area contributed by atoms with Gasteiger partial charge in [-0.15, -0.1) is 0 Å². The van der Waals surface area contributed by atoms with E-state index in [1.807, 2.05) is 43.3 Å². The van der Waals surface area contributed by atoms with Gasteiger partial charge in [0.2, 0.25) is 0 Å². The topological polar surface area (TPSA) is 67.8 Å². The molecule has 0 spiro atoms. The lowest BCUT2D eigenvalue weighted by Crippen LogP contribution is -2.18. The maximum Gasteiger partial charge on any atom is 0.276 e. The number of rotatable bonds is 5. The van der Waals surface area contributed by atoms with Crippen LogP contribution in [0.5, 0.6) is 5.75 Å². The highest BCUT2D eigenvalue weighted by molar-refractivity contribution is 7.89. The Morgan fingerprint density at radius 1 is 0.960 bits per heavy atom. The number of methoxy groups -OCH3 is 1. The fraction of sp³-hybridized carbons (Fsp3) is 0.105. The van der Waals surface area contributed by atoms with E-state index in [9.17, 15) is 8.42 Å². The Morgan fingerprint density at radius 2 is 1.64 bits per heavy atom. The van der Waals surface area contributed by atoms with E-state index < -0.39 is 10.0 Å². The number of sulfonamides is 1. The van der Waals surface area contributed by atoms with Gasteiger partial charge in [-0.2, -0.15) is 13.5 Å². The van der Waals surface area contributed by atoms with Gasteiger partial charge in [0.05, 0.1) is 18.2 Å². The van der Waals surface area contributed by atoms with E-state index >= 15 is 0 Å². The van der Waals surface area contributed by atoms with Crippen LogP contribution in [0.2, 0.25) is 0 Å². The zero-order valence-electron chi connectivity index (χ0n) is 13.9. The minimum Gasteiger partial charge on any atom is -0.496 e. The quantitative estimate of drug-likeness (QED) is 0.563. The van der Waals surface area contributed by atoms with Gasteiger partial charge < -0.3 is 4.74 Å². The van der Waals surface area contributed by atoms with Crippen molar-refractivity contribution >= 4 is 27.0 Å². The highest BCUT2D eigenvalue weighted by Crippen LogP contribution is 2.27. The van der Waals surface area contributed by atoms with Gasteiger partial charge in [-0.3, -0.25) is 0 Å². The van der Waals surface area contributed by atoms with Gasteiger partial charge in [-0.1, -0.05) is 42.0 Å². The maximum atomic E-state index is 12.3. The Morgan fingerprint density at radius 3 is 2.32 bits per heavy atom. The SMILES string of the molecule is COc1ccc(C=NNS(=O)(=O)c2ccc(C)cc2)c2ccccc12. The van der Waals surface area contributed by atoms with Gasteiger partial charge in [-0.05, 0) is 36.6 Å². The van der Waals surface area contributed by atoms with Gasteiger partial charge in [0.15, 0.2) is 0 Å². The van der Waals surface area contributed by atoms with Crippen LogP contribution in [-0.4, -0.2) is 21.7 Å². The molecule has 0 aliphatic carbocycles. The number of benzene rings is 3. The van der Waals surface area contributed by atoms with E-state index in [2.05, 4.69) is 9.93 Å². The maximum absolute atomic E-state index is 12.3. The van der Waals surface area contributed by atoms with Crippen molar-refractivity contribution in [3.8, 4) is 5.75 Å². The van der Waals surface area contributed by atoms with Gasteiger partial charge in [0, 0.05) is 10.9 Å². The predicted octanol–water partition coefficient (Wildman–Crippen LogP) is 3.47. The third-order valence-corrected chi connectivity index (χ3v) is 5.08. The summed E-state index contributed by atoms with van der Waals surface area (Å²) in [6.45, 7) is 1.90. The Labute approximate surface area is 147 Å². The molecule has 0 radical (unpaired) electrons. The van der Waals surface area contributed by atoms with Crippen molar-refractivity contribution < 1.29 is 13.2 Å². The number of hydrazone groups is 1. The molecule has 1 N–H and O–H groups in total. The van der Waals surface area contributed by atoms with Crippen molar-refractivity contribution in [3.05, 3.63) is 71.8 Å². The predicted molar refractivity (Wildman–Crippen MR) is 99.6 cm³/mol. The van der Waals surface area contributed by atoms with Crippen LogP contribution >= 0.6 is 0 Å². The van der Waals surface area contributed by atoms with Gasteiger partial charge >= 0.3 is 0 Å². The molecule has 3 rings (SSSR count). The first-order valence-electron chi connectivity index (χ1n) is 7.68. The number of fused-ring (bicyclic) bond motifs is 1. The standard InChI is InChI=1S/C19H18N2O3S/c1-14-7-10-16(11-8-14)25(22,23)21-20-13-15-9-12-19(24-2)18-6-4-3-5-17(15)18/h3-13,21H,1-2H3. The van der Waals surface area contributed by atoms with Gasteiger partial charge in [0.1, 0.15) is 5.75 Å². The number of nitrogens with one attached hydrogen (secondary N) is 1. The number of nitrogens with zero attached hydrogens (tertiary/aromatic N) is 1. The van der Waals surface area contributed by atoms with E-state index in [1.54, 1.807) is 31.4 Å². The monoisotopic (exact) mass is 354 g/mol. The summed E-state index contributed by atoms with van der Waals surface area (Å²) in [7, 11) is -2.07. The molecular weight excluding hydrogens is 336 g/mol. The molecule has 25 heavy (non-hydrogen) atoms. The average molecular weight is 354 g/mol. The summed E-state index contributed by atoms with van der Waals surface area (Å²) in [5.41, 5.74) is 1.79. The molecule has 0 saturated carbocycles. The molecule has 0 saturated heterocycles. The molecule has 0 amide bonds. The van der Waals surface area contributed by atoms with Crippen molar-refractivity contribution in [1.29, 1.82) is 0 Å². The Bertz CT molecular complexity index is 1030. The van der Waals surface area contributed by atoms with Crippen LogP contribution in [-0.2, 0) is 10.0 Å². The summed E-state index contributed by atoms with van der Waals surface area (Å²) < 4.78 is 29.9. The van der Waals surface area contributed by atoms with Crippen LogP contribution in [0, 0.1) is 6.92 Å². The second-order valence-electron chi connectivity index (χ2n) is 5.57. The molecule has 0 aromatic heterocycles. The summed E-state index contributed by atoms with van der Waals surface area (Å²) in [6, 6.07) is 18.0. The molecular formula is C19H18N2O3S. The molecule has 0 aliphatic heterocycles. The molecule has 0 bridgehead atoms. The van der Waals surface area contributed by atoms with Crippen molar-refractivity contribution in [2.45, 2.75) is 11.8 Å². The minimum absolute atomic E-state index is 0.176. The van der Waals surface area contributed by atoms with Crippen molar-refractivity contribution in [3.63, 3.8) is 0 Å². The molecule has 0 heterocycles. The molecule has 6 heteroatoms. The first kappa shape index (κ1) is 17.0. The van der Waals surface area contributed by atoms with E-state index in [4.69, 9.17) is 4.74 Å². The van der Waals surface area contributed by atoms with Gasteiger partial charge in [0.25, 0.3) is 10.0 Å². The Hall–Kier alpha value is -2.86. The first-order chi connectivity index (χ1) is 12.0. The number of hydrogen-bond donors (Lipinski definition) is 1. The van der Waals surface area contributed by atoms with Crippen LogP contribution in [0.3, 0.4) is 0 Å². The highest BCUT2D eigenvalue weighted by Gasteiger charge is 2.12. The second-order valence-corrected chi connectivity index (χ2v) is 7.23. The number of hydrogen-bond acceptors (Lipinski definition) is 4. The van der Waals surface area contributed by atoms with Crippen LogP contribution in [0.15, 0.2) is 70.7 Å². The molecule has 0 fully saturated rings. The average Bonchev–Trinajstić information content (AvgIpc) is 2.62. The summed E-state index contributed by atoms with van der Waals surface area (Å²) in [5.74, 6) is 0.757. The summed E-state index contributed by atoms with van der Waals surface area (Å²) in [5, 5.41) is 5.78. The highest BCUT2D eigenvalue weighted by atomic mass is 32.2. The number of aryl methyl sites for hydroxylation is 1. The molecule has 3 aromatic carbocycles. The third-order valence-electron chi connectivity index (χ3n) is 3.85. The minimum atomic E-state index is -3.69. The zero-order chi connectivity index (χ0) is 17.9. The Kier molecular flexibility index (Phi) is 4.72. The van der Waals surface area contributed by atoms with E-state index in [-0.39, 0.29) is 4.90 Å². The summed E-state index contributed by atoms with van der Waals surface area (Å²) >= 11 is 0. The van der Waals surface area contributed by atoms with Crippen LogP contribution < -0.4 is 9.57 Å². The normalized spacial score (nSPS) is 11.8. The molecule has 0 atom stereocenters. The summed E-state index contributed by atoms with van der Waals surface area (Å²) in [4.78, 5) is 2.42. The molecule has 5 nitrogen and oxygen atoms in total. The lowest BCUT2D eigenvalue weighted by atomic mass is 10.0.